The highest BCUT2D eigenvalue weighted by Gasteiger charge is 2.12. The van der Waals surface area contributed by atoms with Gasteiger partial charge in [-0.1, -0.05) is 18.2 Å². The van der Waals surface area contributed by atoms with Gasteiger partial charge in [0.05, 0.1) is 7.11 Å². The fourth-order valence-corrected chi connectivity index (χ4v) is 1.17. The normalized spacial score (nSPS) is 11.5. The Bertz CT molecular complexity index is 461. The molecule has 1 aromatic rings. The molecule has 4 nitrogen and oxygen atoms in total. The van der Waals surface area contributed by atoms with E-state index in [0.29, 0.717) is 0 Å². The molecule has 0 amide bonds. The minimum atomic E-state index is -0.631. The van der Waals surface area contributed by atoms with Crippen LogP contribution in [-0.4, -0.2) is 23.8 Å². The predicted octanol–water partition coefficient (Wildman–Crippen LogP) is 1.78. The predicted molar refractivity (Wildman–Crippen MR) is 64.1 cm³/mol. The van der Waals surface area contributed by atoms with E-state index < -0.39 is 5.97 Å². The molecule has 0 fully saturated rings. The Kier molecular flexibility index (Phi) is 4.81. The zero-order valence-electron chi connectivity index (χ0n) is 9.71. The molecule has 0 radical (unpaired) electrons. The first-order chi connectivity index (χ1) is 8.15. The Labute approximate surface area is 99.6 Å². The standard InChI is InChI=1S/C13H13NO3/c1-10(15)12(13(16)17-2)7-3-5-11-6-4-8-14-9-11/h3-9H,1-2H3. The minimum absolute atomic E-state index is 0.0210. The number of ether oxygens (including phenoxy) is 1. The SMILES string of the molecule is COC(=O)C(=CC=Cc1cccnc1)C(C)=O. The number of ketones is 1. The molecule has 1 heterocycles. The summed E-state index contributed by atoms with van der Waals surface area (Å²) < 4.78 is 4.50. The number of aromatic nitrogens is 1. The Hall–Kier alpha value is -2.23. The Morgan fingerprint density at radius 2 is 2.18 bits per heavy atom. The second-order valence-corrected chi connectivity index (χ2v) is 3.27. The minimum Gasteiger partial charge on any atom is -0.465 e. The molecule has 1 rings (SSSR count). The molecule has 0 aliphatic carbocycles. The molecular weight excluding hydrogens is 218 g/mol. The Balaban J connectivity index is 2.84. The van der Waals surface area contributed by atoms with Crippen LogP contribution < -0.4 is 0 Å². The number of allylic oxidation sites excluding steroid dienone is 2. The van der Waals surface area contributed by atoms with Gasteiger partial charge in [-0.05, 0) is 24.6 Å². The van der Waals surface area contributed by atoms with Gasteiger partial charge in [0, 0.05) is 12.4 Å². The lowest BCUT2D eigenvalue weighted by Gasteiger charge is -1.98. The van der Waals surface area contributed by atoms with Crippen LogP contribution in [0.5, 0.6) is 0 Å². The summed E-state index contributed by atoms with van der Waals surface area (Å²) in [5.74, 6) is -0.957. The molecule has 17 heavy (non-hydrogen) atoms. The molecule has 0 bridgehead atoms. The number of methoxy groups -OCH3 is 1. The molecule has 88 valence electrons. The molecule has 0 atom stereocenters. The van der Waals surface area contributed by atoms with Gasteiger partial charge in [-0.2, -0.15) is 0 Å². The van der Waals surface area contributed by atoms with E-state index in [9.17, 15) is 9.59 Å². The van der Waals surface area contributed by atoms with Crippen LogP contribution in [0.2, 0.25) is 0 Å². The van der Waals surface area contributed by atoms with Gasteiger partial charge in [0.25, 0.3) is 0 Å². The van der Waals surface area contributed by atoms with Crippen LogP contribution in [-0.2, 0) is 14.3 Å². The van der Waals surface area contributed by atoms with E-state index >= 15 is 0 Å². The summed E-state index contributed by atoms with van der Waals surface area (Å²) in [5, 5.41) is 0. The van der Waals surface area contributed by atoms with Crippen LogP contribution in [0, 0.1) is 0 Å². The largest absolute Gasteiger partial charge is 0.465 e. The van der Waals surface area contributed by atoms with Crippen molar-refractivity contribution in [1.29, 1.82) is 0 Å². The molecule has 0 N–H and O–H groups in total. The number of esters is 1. The monoisotopic (exact) mass is 231 g/mol. The van der Waals surface area contributed by atoms with Gasteiger partial charge < -0.3 is 4.74 Å². The van der Waals surface area contributed by atoms with E-state index in [1.54, 1.807) is 30.6 Å². The molecule has 0 unspecified atom stereocenters. The average Bonchev–Trinajstić information content (AvgIpc) is 2.34. The molecular formula is C13H13NO3. The van der Waals surface area contributed by atoms with Gasteiger partial charge in [0.1, 0.15) is 5.57 Å². The van der Waals surface area contributed by atoms with E-state index in [2.05, 4.69) is 9.72 Å². The number of hydrogen-bond donors (Lipinski definition) is 0. The number of carbonyl (C=O) groups is 2. The molecule has 0 aliphatic heterocycles. The lowest BCUT2D eigenvalue weighted by molar-refractivity contribution is -0.137. The van der Waals surface area contributed by atoms with Gasteiger partial charge in [-0.25, -0.2) is 4.79 Å². The van der Waals surface area contributed by atoms with Crippen molar-refractivity contribution in [2.75, 3.05) is 7.11 Å². The zero-order chi connectivity index (χ0) is 12.7. The maximum absolute atomic E-state index is 11.2. The smallest absolute Gasteiger partial charge is 0.341 e. The maximum atomic E-state index is 11.2. The number of Topliss-reactive ketones (excluding diaryl/α,β-unsaturated/α-hetero) is 1. The first kappa shape index (κ1) is 12.8. The van der Waals surface area contributed by atoms with Crippen LogP contribution in [0.25, 0.3) is 6.08 Å². The zero-order valence-corrected chi connectivity index (χ0v) is 9.71. The van der Waals surface area contributed by atoms with Crippen molar-refractivity contribution in [3.8, 4) is 0 Å². The van der Waals surface area contributed by atoms with Crippen molar-refractivity contribution in [3.63, 3.8) is 0 Å². The van der Waals surface area contributed by atoms with Crippen molar-refractivity contribution in [2.45, 2.75) is 6.92 Å². The van der Waals surface area contributed by atoms with Crippen molar-refractivity contribution in [2.24, 2.45) is 0 Å². The quantitative estimate of drug-likeness (QED) is 0.260. The summed E-state index contributed by atoms with van der Waals surface area (Å²) in [6.07, 6.45) is 8.14. The molecule has 0 saturated heterocycles. The topological polar surface area (TPSA) is 56.3 Å². The molecule has 0 spiro atoms. The Morgan fingerprint density at radius 1 is 1.41 bits per heavy atom. The van der Waals surface area contributed by atoms with Gasteiger partial charge in [-0.15, -0.1) is 0 Å². The third kappa shape index (κ3) is 4.03. The molecule has 4 heteroatoms. The second-order valence-electron chi connectivity index (χ2n) is 3.27. The van der Waals surface area contributed by atoms with Crippen LogP contribution in [0.1, 0.15) is 12.5 Å². The number of hydrogen-bond acceptors (Lipinski definition) is 4. The molecule has 0 saturated carbocycles. The van der Waals surface area contributed by atoms with E-state index in [1.165, 1.54) is 20.1 Å². The molecule has 0 aromatic carbocycles. The van der Waals surface area contributed by atoms with Crippen molar-refractivity contribution in [1.82, 2.24) is 4.98 Å². The van der Waals surface area contributed by atoms with Gasteiger partial charge >= 0.3 is 5.97 Å². The van der Waals surface area contributed by atoms with Crippen molar-refractivity contribution in [3.05, 3.63) is 47.8 Å². The number of nitrogens with zero attached hydrogens (tertiary/aromatic N) is 1. The summed E-state index contributed by atoms with van der Waals surface area (Å²) in [6, 6.07) is 3.67. The first-order valence-corrected chi connectivity index (χ1v) is 5.03. The van der Waals surface area contributed by atoms with Gasteiger partial charge in [0.2, 0.25) is 0 Å². The van der Waals surface area contributed by atoms with E-state index in [0.717, 1.165) is 5.56 Å². The average molecular weight is 231 g/mol. The first-order valence-electron chi connectivity index (χ1n) is 5.03. The number of rotatable bonds is 4. The molecule has 0 aliphatic rings. The fourth-order valence-electron chi connectivity index (χ4n) is 1.17. The second kappa shape index (κ2) is 6.37. The van der Waals surface area contributed by atoms with E-state index in [4.69, 9.17) is 0 Å². The van der Waals surface area contributed by atoms with E-state index in [-0.39, 0.29) is 11.4 Å². The number of pyridine rings is 1. The molecule has 1 aromatic heterocycles. The third-order valence-corrected chi connectivity index (χ3v) is 2.02. The van der Waals surface area contributed by atoms with E-state index in [1.807, 2.05) is 6.07 Å². The lowest BCUT2D eigenvalue weighted by atomic mass is 10.1. The highest BCUT2D eigenvalue weighted by Crippen LogP contribution is 2.03. The third-order valence-electron chi connectivity index (χ3n) is 2.02. The number of carbonyl (C=O) groups excluding carboxylic acids is 2. The van der Waals surface area contributed by atoms with Crippen LogP contribution >= 0.6 is 0 Å². The lowest BCUT2D eigenvalue weighted by Crippen LogP contribution is -2.11. The summed E-state index contributed by atoms with van der Waals surface area (Å²) in [6.45, 7) is 1.32. The van der Waals surface area contributed by atoms with Crippen LogP contribution in [0.4, 0.5) is 0 Å². The highest BCUT2D eigenvalue weighted by molar-refractivity contribution is 6.16. The maximum Gasteiger partial charge on any atom is 0.341 e. The van der Waals surface area contributed by atoms with Crippen molar-refractivity contribution >= 4 is 17.8 Å². The Morgan fingerprint density at radius 3 is 2.71 bits per heavy atom. The fraction of sp³-hybridized carbons (Fsp3) is 0.154. The summed E-state index contributed by atoms with van der Waals surface area (Å²) in [5.41, 5.74) is 0.907. The summed E-state index contributed by atoms with van der Waals surface area (Å²) >= 11 is 0. The van der Waals surface area contributed by atoms with Crippen LogP contribution in [0.3, 0.4) is 0 Å². The van der Waals surface area contributed by atoms with Gasteiger partial charge in [-0.3, -0.25) is 9.78 Å². The summed E-state index contributed by atoms with van der Waals surface area (Å²) in [4.78, 5) is 26.3. The van der Waals surface area contributed by atoms with Gasteiger partial charge in [0.15, 0.2) is 5.78 Å². The summed E-state index contributed by atoms with van der Waals surface area (Å²) in [7, 11) is 1.24. The van der Waals surface area contributed by atoms with Crippen LogP contribution in [0.15, 0.2) is 42.3 Å². The highest BCUT2D eigenvalue weighted by atomic mass is 16.5. The van der Waals surface area contributed by atoms with Crippen molar-refractivity contribution < 1.29 is 14.3 Å².